The van der Waals surface area contributed by atoms with E-state index in [0.29, 0.717) is 49.2 Å². The summed E-state index contributed by atoms with van der Waals surface area (Å²) in [6, 6.07) is 15.8. The van der Waals surface area contributed by atoms with E-state index in [0.717, 1.165) is 79.7 Å². The van der Waals surface area contributed by atoms with Gasteiger partial charge in [0.1, 0.15) is 11.3 Å². The standard InChI is InChI=1S/C43H53FN8O2/c1-28(2)51-27-46-36-26-35(48-39(38(36)51)47-34-10-6-5-9-33(34)44)29-11-12-32-37(23-29)52(31-24-30(25-31)49-19-7-4-8-20-49)41(54)43(32)15-21-50(22-16-43)40(53)42(3)13-17-45-18-14-42/h5-6,9-12,23,26-28,30-31,45H,4,7-8,13-22,24-25H2,1-3H3,(H,47,48)/t30-,31+. The van der Waals surface area contributed by atoms with E-state index in [1.165, 1.54) is 25.3 Å². The van der Waals surface area contributed by atoms with Crippen LogP contribution in [-0.4, -0.2) is 87.5 Å². The predicted molar refractivity (Wildman–Crippen MR) is 210 cm³/mol. The van der Waals surface area contributed by atoms with Crippen molar-refractivity contribution in [2.75, 3.05) is 49.5 Å². The Morgan fingerprint density at radius 3 is 2.41 bits per heavy atom. The Bertz CT molecular complexity index is 2070. The molecule has 1 saturated carbocycles. The van der Waals surface area contributed by atoms with Crippen molar-refractivity contribution in [1.29, 1.82) is 0 Å². The molecule has 4 aliphatic heterocycles. The summed E-state index contributed by atoms with van der Waals surface area (Å²) < 4.78 is 17.0. The minimum atomic E-state index is -0.652. The van der Waals surface area contributed by atoms with E-state index in [-0.39, 0.29) is 35.1 Å². The maximum absolute atomic E-state index is 15.0. The summed E-state index contributed by atoms with van der Waals surface area (Å²) in [4.78, 5) is 45.6. The molecule has 1 aliphatic carbocycles. The van der Waals surface area contributed by atoms with Crippen molar-refractivity contribution in [2.24, 2.45) is 5.41 Å². The number of carbonyl (C=O) groups is 2. The first-order valence-corrected chi connectivity index (χ1v) is 20.3. The number of amides is 2. The molecular formula is C43H53FN8O2. The predicted octanol–water partition coefficient (Wildman–Crippen LogP) is 7.18. The van der Waals surface area contributed by atoms with E-state index >= 15 is 4.79 Å². The van der Waals surface area contributed by atoms with Crippen LogP contribution in [0.25, 0.3) is 22.3 Å². The summed E-state index contributed by atoms with van der Waals surface area (Å²) in [7, 11) is 0. The van der Waals surface area contributed by atoms with Crippen LogP contribution in [0, 0.1) is 11.2 Å². The third kappa shape index (κ3) is 5.89. The number of piperidine rings is 3. The van der Waals surface area contributed by atoms with Crippen LogP contribution in [0.5, 0.6) is 0 Å². The fourth-order valence-electron chi connectivity index (χ4n) is 9.99. The van der Waals surface area contributed by atoms with Crippen LogP contribution < -0.4 is 15.5 Å². The number of anilines is 3. The highest BCUT2D eigenvalue weighted by Gasteiger charge is 2.56. The highest BCUT2D eigenvalue weighted by atomic mass is 19.1. The van der Waals surface area contributed by atoms with Gasteiger partial charge in [-0.1, -0.05) is 37.6 Å². The molecular weight excluding hydrogens is 680 g/mol. The number of fused-ring (bicyclic) bond motifs is 3. The Morgan fingerprint density at radius 2 is 1.69 bits per heavy atom. The number of benzene rings is 2. The zero-order chi connectivity index (χ0) is 37.2. The monoisotopic (exact) mass is 732 g/mol. The van der Waals surface area contributed by atoms with Gasteiger partial charge in [-0.15, -0.1) is 0 Å². The maximum Gasteiger partial charge on any atom is 0.238 e. The lowest BCUT2D eigenvalue weighted by Gasteiger charge is -2.48. The highest BCUT2D eigenvalue weighted by molar-refractivity contribution is 6.09. The molecule has 9 rings (SSSR count). The summed E-state index contributed by atoms with van der Waals surface area (Å²) in [6.07, 6.45) is 10.6. The van der Waals surface area contributed by atoms with Crippen molar-refractivity contribution in [1.82, 2.24) is 29.7 Å². The summed E-state index contributed by atoms with van der Waals surface area (Å²) in [5, 5.41) is 6.68. The molecule has 3 saturated heterocycles. The number of carbonyl (C=O) groups excluding carboxylic acids is 2. The van der Waals surface area contributed by atoms with E-state index in [4.69, 9.17) is 9.97 Å². The van der Waals surface area contributed by atoms with Crippen molar-refractivity contribution >= 4 is 40.0 Å². The SMILES string of the molecule is CC(C)n1cnc2cc(-c3ccc4c(c3)N([C@H]3C[C@@H](N5CCCCC5)C3)C(=O)C43CCN(C(=O)C4(C)CCNCC4)CC3)nc(Nc3ccccc3F)c21. The number of nitrogens with one attached hydrogen (secondary N) is 2. The number of nitrogens with zero attached hydrogens (tertiary/aromatic N) is 6. The number of hydrogen-bond donors (Lipinski definition) is 2. The Kier molecular flexibility index (Phi) is 9.00. The Hall–Kier alpha value is -4.35. The van der Waals surface area contributed by atoms with Crippen molar-refractivity contribution in [2.45, 2.75) is 102 Å². The largest absolute Gasteiger partial charge is 0.342 e. The minimum absolute atomic E-state index is 0.125. The molecule has 10 nitrogen and oxygen atoms in total. The van der Waals surface area contributed by atoms with Gasteiger partial charge in [-0.25, -0.2) is 14.4 Å². The molecule has 2 aromatic heterocycles. The molecule has 4 fully saturated rings. The van der Waals surface area contributed by atoms with Gasteiger partial charge in [0.15, 0.2) is 5.82 Å². The van der Waals surface area contributed by atoms with E-state index in [1.807, 2.05) is 17.3 Å². The second kappa shape index (κ2) is 13.7. The van der Waals surface area contributed by atoms with Gasteiger partial charge in [-0.3, -0.25) is 9.59 Å². The first-order valence-electron chi connectivity index (χ1n) is 20.3. The first-order chi connectivity index (χ1) is 26.1. The second-order valence-electron chi connectivity index (χ2n) is 17.0. The third-order valence-corrected chi connectivity index (χ3v) is 13.4. The second-order valence-corrected chi connectivity index (χ2v) is 17.0. The Labute approximate surface area is 317 Å². The number of rotatable bonds is 7. The quantitative estimate of drug-likeness (QED) is 0.208. The average Bonchev–Trinajstić information content (AvgIpc) is 3.70. The molecule has 2 amide bonds. The molecule has 2 aromatic carbocycles. The normalized spacial score (nSPS) is 23.9. The van der Waals surface area contributed by atoms with Gasteiger partial charge in [0.25, 0.3) is 0 Å². The van der Waals surface area contributed by atoms with Crippen LogP contribution in [0.2, 0.25) is 0 Å². The van der Waals surface area contributed by atoms with Gasteiger partial charge in [-0.2, -0.15) is 0 Å². The molecule has 54 heavy (non-hydrogen) atoms. The Morgan fingerprint density at radius 1 is 0.944 bits per heavy atom. The molecule has 6 heterocycles. The lowest BCUT2D eigenvalue weighted by atomic mass is 9.72. The lowest BCUT2D eigenvalue weighted by Crippen LogP contribution is -2.59. The number of para-hydroxylation sites is 1. The molecule has 0 unspecified atom stereocenters. The molecule has 2 N–H and O–H groups in total. The van der Waals surface area contributed by atoms with Crippen LogP contribution in [0.4, 0.5) is 21.6 Å². The van der Waals surface area contributed by atoms with Crippen LogP contribution in [0.1, 0.15) is 90.2 Å². The third-order valence-electron chi connectivity index (χ3n) is 13.4. The molecule has 0 atom stereocenters. The van der Waals surface area contributed by atoms with Crippen molar-refractivity contribution in [3.8, 4) is 11.3 Å². The molecule has 5 aliphatic rings. The molecule has 284 valence electrons. The summed E-state index contributed by atoms with van der Waals surface area (Å²) in [6.45, 7) is 11.5. The fraction of sp³-hybridized carbons (Fsp3) is 0.535. The van der Waals surface area contributed by atoms with Gasteiger partial charge >= 0.3 is 0 Å². The summed E-state index contributed by atoms with van der Waals surface area (Å²) in [5.74, 6) is 0.608. The van der Waals surface area contributed by atoms with Crippen LogP contribution in [0.15, 0.2) is 54.9 Å². The van der Waals surface area contributed by atoms with Gasteiger partial charge < -0.3 is 29.9 Å². The van der Waals surface area contributed by atoms with E-state index in [9.17, 15) is 9.18 Å². The van der Waals surface area contributed by atoms with E-state index in [1.54, 1.807) is 18.2 Å². The molecule has 0 radical (unpaired) electrons. The van der Waals surface area contributed by atoms with Crippen molar-refractivity contribution < 1.29 is 14.0 Å². The number of halogens is 1. The maximum atomic E-state index is 15.0. The number of likely N-dealkylation sites (tertiary alicyclic amines) is 2. The lowest BCUT2D eigenvalue weighted by molar-refractivity contribution is -0.145. The minimum Gasteiger partial charge on any atom is -0.342 e. The molecule has 0 bridgehead atoms. The molecule has 4 aromatic rings. The number of hydrogen-bond acceptors (Lipinski definition) is 7. The fourth-order valence-corrected chi connectivity index (χ4v) is 9.99. The van der Waals surface area contributed by atoms with E-state index < -0.39 is 5.41 Å². The van der Waals surface area contributed by atoms with E-state index in [2.05, 4.69) is 64.0 Å². The van der Waals surface area contributed by atoms with Crippen LogP contribution >= 0.6 is 0 Å². The van der Waals surface area contributed by atoms with Crippen LogP contribution in [-0.2, 0) is 15.0 Å². The average molecular weight is 733 g/mol. The number of aromatic nitrogens is 3. The van der Waals surface area contributed by atoms with Crippen molar-refractivity contribution in [3.63, 3.8) is 0 Å². The van der Waals surface area contributed by atoms with Gasteiger partial charge in [0.05, 0.1) is 28.6 Å². The first kappa shape index (κ1) is 35.4. The zero-order valence-electron chi connectivity index (χ0n) is 31.9. The molecule has 1 spiro atoms. The Balaban J connectivity index is 1.07. The van der Waals surface area contributed by atoms with Gasteiger partial charge in [0.2, 0.25) is 11.8 Å². The van der Waals surface area contributed by atoms with Gasteiger partial charge in [0, 0.05) is 47.9 Å². The highest BCUT2D eigenvalue weighted by Crippen LogP contribution is 2.52. The summed E-state index contributed by atoms with van der Waals surface area (Å²) in [5.41, 5.74) is 4.58. The van der Waals surface area contributed by atoms with Crippen molar-refractivity contribution in [3.05, 3.63) is 66.2 Å². The molecule has 11 heteroatoms. The summed E-state index contributed by atoms with van der Waals surface area (Å²) >= 11 is 0. The zero-order valence-corrected chi connectivity index (χ0v) is 31.9. The number of pyridine rings is 1. The topological polar surface area (TPSA) is 98.6 Å². The van der Waals surface area contributed by atoms with Gasteiger partial charge in [-0.05, 0) is 121 Å². The number of imidazole rings is 1. The van der Waals surface area contributed by atoms with Crippen LogP contribution in [0.3, 0.4) is 0 Å². The smallest absolute Gasteiger partial charge is 0.238 e.